The van der Waals surface area contributed by atoms with Gasteiger partial charge in [-0.05, 0) is 64.7 Å². The van der Waals surface area contributed by atoms with Crippen molar-refractivity contribution >= 4 is 67.9 Å². The van der Waals surface area contributed by atoms with E-state index < -0.39 is 0 Å². The van der Waals surface area contributed by atoms with Crippen LogP contribution >= 0.6 is 50.7 Å². The number of nitrogens with zero attached hydrogens (tertiary/aromatic N) is 3. The molecule has 0 N–H and O–H groups in total. The second-order valence-corrected chi connectivity index (χ2v) is 11.3. The highest BCUT2D eigenvalue weighted by atomic mass is 79.9. The van der Waals surface area contributed by atoms with Gasteiger partial charge < -0.3 is 9.47 Å². The molecular weight excluding hydrogens is 625 g/mol. The Balaban J connectivity index is 1.51. The second kappa shape index (κ2) is 12.3. The molecule has 202 valence electrons. The van der Waals surface area contributed by atoms with Crippen molar-refractivity contribution < 1.29 is 9.47 Å². The molecule has 0 unspecified atom stereocenters. The molecule has 0 amide bonds. The van der Waals surface area contributed by atoms with Crippen molar-refractivity contribution in [1.29, 1.82) is 0 Å². The average Bonchev–Trinajstić information content (AvgIpc) is 2.96. The summed E-state index contributed by atoms with van der Waals surface area (Å²) < 4.78 is 13.6. The molecule has 0 saturated heterocycles. The van der Waals surface area contributed by atoms with Crippen molar-refractivity contribution in [2.75, 3.05) is 7.11 Å². The van der Waals surface area contributed by atoms with Crippen LogP contribution in [-0.4, -0.2) is 23.0 Å². The number of methoxy groups -OCH3 is 1. The summed E-state index contributed by atoms with van der Waals surface area (Å²) >= 11 is 22.4. The van der Waals surface area contributed by atoms with Gasteiger partial charge in [0.25, 0.3) is 5.56 Å². The normalized spacial score (nSPS) is 14.3. The maximum atomic E-state index is 13.5. The molecule has 3 aromatic carbocycles. The van der Waals surface area contributed by atoms with Crippen molar-refractivity contribution in [3.8, 4) is 11.5 Å². The van der Waals surface area contributed by atoms with Gasteiger partial charge in [0.2, 0.25) is 0 Å². The molecule has 5 rings (SSSR count). The van der Waals surface area contributed by atoms with E-state index in [1.807, 2.05) is 24.3 Å². The van der Waals surface area contributed by atoms with Gasteiger partial charge >= 0.3 is 0 Å². The first kappa shape index (κ1) is 28.0. The summed E-state index contributed by atoms with van der Waals surface area (Å²) in [5.41, 5.74) is 1.92. The summed E-state index contributed by atoms with van der Waals surface area (Å²) in [4.78, 5) is 18.4. The molecule has 1 aromatic heterocycles. The Morgan fingerprint density at radius 3 is 2.59 bits per heavy atom. The standard InChI is InChI=1S/C29H25BrCl3N3O3/c1-38-24-14-19(25(30)26(33)27(24)39-16-17-11-12-21(31)22(32)13-17)15-34-36-28(18-7-3-2-4-8-18)35-23-10-6-5-9-20(23)29(36)37/h5-6,9-15,18H,2-4,7-8,16H2,1H3. The van der Waals surface area contributed by atoms with E-state index in [2.05, 4.69) is 21.0 Å². The molecule has 1 heterocycles. The Kier molecular flexibility index (Phi) is 8.82. The van der Waals surface area contributed by atoms with Crippen molar-refractivity contribution in [3.05, 3.63) is 95.4 Å². The van der Waals surface area contributed by atoms with Crippen LogP contribution in [-0.2, 0) is 6.61 Å². The summed E-state index contributed by atoms with van der Waals surface area (Å²) in [5, 5.41) is 6.37. The highest BCUT2D eigenvalue weighted by Crippen LogP contribution is 2.42. The zero-order valence-corrected chi connectivity index (χ0v) is 24.9. The fraction of sp³-hybridized carbons (Fsp3) is 0.276. The zero-order valence-electron chi connectivity index (χ0n) is 21.1. The lowest BCUT2D eigenvalue weighted by atomic mass is 9.88. The van der Waals surface area contributed by atoms with Crippen LogP contribution in [0.25, 0.3) is 10.9 Å². The maximum Gasteiger partial charge on any atom is 0.282 e. The van der Waals surface area contributed by atoms with E-state index in [0.717, 1.165) is 31.2 Å². The highest BCUT2D eigenvalue weighted by Gasteiger charge is 2.23. The highest BCUT2D eigenvalue weighted by molar-refractivity contribution is 9.10. The summed E-state index contributed by atoms with van der Waals surface area (Å²) in [6.45, 7) is 0.204. The van der Waals surface area contributed by atoms with Crippen molar-refractivity contribution in [1.82, 2.24) is 9.66 Å². The van der Waals surface area contributed by atoms with Gasteiger partial charge in [-0.3, -0.25) is 4.79 Å². The van der Waals surface area contributed by atoms with Crippen LogP contribution in [0, 0.1) is 0 Å². The minimum Gasteiger partial charge on any atom is -0.493 e. The number of aromatic nitrogens is 2. The van der Waals surface area contributed by atoms with Gasteiger partial charge in [-0.2, -0.15) is 9.78 Å². The van der Waals surface area contributed by atoms with Gasteiger partial charge in [0.05, 0.1) is 34.3 Å². The Labute approximate surface area is 249 Å². The molecule has 0 atom stereocenters. The molecule has 0 spiro atoms. The summed E-state index contributed by atoms with van der Waals surface area (Å²) in [6, 6.07) is 14.4. The van der Waals surface area contributed by atoms with Gasteiger partial charge in [-0.15, -0.1) is 0 Å². The number of hydrogen-bond acceptors (Lipinski definition) is 5. The zero-order chi connectivity index (χ0) is 27.5. The number of hydrogen-bond donors (Lipinski definition) is 0. The van der Waals surface area contributed by atoms with Crippen LogP contribution < -0.4 is 15.0 Å². The van der Waals surface area contributed by atoms with E-state index in [0.29, 0.717) is 53.3 Å². The molecule has 10 heteroatoms. The lowest BCUT2D eigenvalue weighted by Crippen LogP contribution is -2.25. The SMILES string of the molecule is COc1cc(C=Nn2c(C3CCCCC3)nc3ccccc3c2=O)c(Br)c(Cl)c1OCc1ccc(Cl)c(Cl)c1. The van der Waals surface area contributed by atoms with Crippen molar-refractivity contribution in [3.63, 3.8) is 0 Å². The van der Waals surface area contributed by atoms with Gasteiger partial charge in [0.15, 0.2) is 11.5 Å². The lowest BCUT2D eigenvalue weighted by molar-refractivity contribution is 0.284. The largest absolute Gasteiger partial charge is 0.493 e. The maximum absolute atomic E-state index is 13.5. The first-order chi connectivity index (χ1) is 18.9. The molecule has 1 saturated carbocycles. The Morgan fingerprint density at radius 1 is 1.08 bits per heavy atom. The fourth-order valence-corrected chi connectivity index (χ4v) is 5.74. The minimum absolute atomic E-state index is 0.173. The van der Waals surface area contributed by atoms with Crippen LogP contribution in [0.1, 0.15) is 55.0 Å². The van der Waals surface area contributed by atoms with Crippen LogP contribution in [0.15, 0.2) is 62.9 Å². The molecule has 0 radical (unpaired) electrons. The minimum atomic E-state index is -0.201. The molecule has 4 aromatic rings. The predicted molar refractivity (Wildman–Crippen MR) is 161 cm³/mol. The third-order valence-electron chi connectivity index (χ3n) is 6.80. The molecule has 39 heavy (non-hydrogen) atoms. The number of halogens is 4. The quantitative estimate of drug-likeness (QED) is 0.188. The number of para-hydroxylation sites is 1. The summed E-state index contributed by atoms with van der Waals surface area (Å²) in [6.07, 6.45) is 6.97. The molecular formula is C29H25BrCl3N3O3. The molecule has 6 nitrogen and oxygen atoms in total. The van der Waals surface area contributed by atoms with E-state index in [1.165, 1.54) is 18.2 Å². The van der Waals surface area contributed by atoms with E-state index in [4.69, 9.17) is 49.3 Å². The molecule has 1 aliphatic rings. The third-order valence-corrected chi connectivity index (χ3v) is 8.99. The van der Waals surface area contributed by atoms with Crippen LogP contribution in [0.4, 0.5) is 0 Å². The fourth-order valence-electron chi connectivity index (χ4n) is 4.77. The number of benzene rings is 3. The van der Waals surface area contributed by atoms with Gasteiger partial charge in [-0.1, -0.05) is 72.3 Å². The average molecular weight is 650 g/mol. The van der Waals surface area contributed by atoms with Gasteiger partial charge in [0, 0.05) is 16.0 Å². The topological polar surface area (TPSA) is 65.7 Å². The number of fused-ring (bicyclic) bond motifs is 1. The second-order valence-electron chi connectivity index (χ2n) is 9.35. The Bertz CT molecular complexity index is 1620. The Hall–Kier alpha value is -2.58. The van der Waals surface area contributed by atoms with Crippen molar-refractivity contribution in [2.24, 2.45) is 5.10 Å². The summed E-state index contributed by atoms with van der Waals surface area (Å²) in [5.74, 6) is 1.64. The van der Waals surface area contributed by atoms with E-state index in [-0.39, 0.29) is 18.1 Å². The summed E-state index contributed by atoms with van der Waals surface area (Å²) in [7, 11) is 1.53. The van der Waals surface area contributed by atoms with Crippen LogP contribution in [0.5, 0.6) is 11.5 Å². The molecule has 1 aliphatic carbocycles. The van der Waals surface area contributed by atoms with Crippen LogP contribution in [0.2, 0.25) is 15.1 Å². The van der Waals surface area contributed by atoms with E-state index >= 15 is 0 Å². The number of rotatable bonds is 7. The molecule has 0 aliphatic heterocycles. The third kappa shape index (κ3) is 5.97. The molecule has 1 fully saturated rings. The number of ether oxygens (including phenoxy) is 2. The van der Waals surface area contributed by atoms with Gasteiger partial charge in [0.1, 0.15) is 17.5 Å². The predicted octanol–water partition coefficient (Wildman–Crippen LogP) is 8.64. The van der Waals surface area contributed by atoms with E-state index in [1.54, 1.807) is 30.5 Å². The monoisotopic (exact) mass is 647 g/mol. The lowest BCUT2D eigenvalue weighted by Gasteiger charge is -2.22. The smallest absolute Gasteiger partial charge is 0.282 e. The Morgan fingerprint density at radius 2 is 1.85 bits per heavy atom. The molecule has 0 bridgehead atoms. The van der Waals surface area contributed by atoms with Crippen molar-refractivity contribution in [2.45, 2.75) is 44.6 Å². The van der Waals surface area contributed by atoms with Gasteiger partial charge in [-0.25, -0.2) is 4.98 Å². The van der Waals surface area contributed by atoms with Crippen LogP contribution in [0.3, 0.4) is 0 Å². The van der Waals surface area contributed by atoms with E-state index in [9.17, 15) is 4.79 Å². The first-order valence-electron chi connectivity index (χ1n) is 12.6. The first-order valence-corrected chi connectivity index (χ1v) is 14.5.